The summed E-state index contributed by atoms with van der Waals surface area (Å²) in [6.45, 7) is 11.4. The lowest BCUT2D eigenvalue weighted by Crippen LogP contribution is -2.52. The molecular weight excluding hydrogens is 416 g/mol. The molecule has 0 fully saturated rings. The van der Waals surface area contributed by atoms with E-state index in [1.807, 2.05) is 0 Å². The zero-order valence-electron chi connectivity index (χ0n) is 17.8. The van der Waals surface area contributed by atoms with Gasteiger partial charge in [0.25, 0.3) is 10.1 Å². The van der Waals surface area contributed by atoms with E-state index >= 15 is 0 Å². The van der Waals surface area contributed by atoms with Crippen LogP contribution in [0.3, 0.4) is 0 Å². The van der Waals surface area contributed by atoms with E-state index in [2.05, 4.69) is 13.2 Å². The van der Waals surface area contributed by atoms with Gasteiger partial charge in [-0.25, -0.2) is 9.59 Å². The molecule has 0 aliphatic heterocycles. The molecule has 0 aliphatic rings. The second-order valence-corrected chi connectivity index (χ2v) is 8.37. The van der Waals surface area contributed by atoms with Crippen molar-refractivity contribution in [1.29, 1.82) is 0 Å². The van der Waals surface area contributed by atoms with Crippen LogP contribution in [0.5, 0.6) is 0 Å². The van der Waals surface area contributed by atoms with Gasteiger partial charge in [0, 0.05) is 12.2 Å². The van der Waals surface area contributed by atoms with Gasteiger partial charge < -0.3 is 14.2 Å². The maximum absolute atomic E-state index is 13.0. The second-order valence-electron chi connectivity index (χ2n) is 6.80. The number of carbonyl (C=O) groups excluding carboxylic acids is 3. The maximum atomic E-state index is 13.0. The lowest BCUT2D eigenvalue weighted by atomic mass is 9.75. The molecule has 0 aromatic carbocycles. The van der Waals surface area contributed by atoms with Crippen molar-refractivity contribution in [3.05, 3.63) is 25.3 Å². The fraction of sp³-hybridized carbons (Fsp3) is 0.650. The summed E-state index contributed by atoms with van der Waals surface area (Å²) < 4.78 is 45.9. The normalized spacial score (nSPS) is 15.2. The minimum absolute atomic E-state index is 0.0523. The van der Waals surface area contributed by atoms with Gasteiger partial charge in [-0.2, -0.15) is 8.42 Å². The summed E-state index contributed by atoms with van der Waals surface area (Å²) >= 11 is 0. The number of esters is 3. The molecule has 0 rings (SSSR count). The topological polar surface area (TPSA) is 133 Å². The molecule has 0 heterocycles. The quantitative estimate of drug-likeness (QED) is 0.132. The standard InChI is InChI=1S/C20H32O9S/c1-6-17(21)28-15(4)20(8-3,16(5)29-18(22)7-2)19(23)27-13-11-9-10-12-14-30(24,25)26/h6-7,15-16H,1-2,8-14H2,3-5H3,(H,24,25,26). The monoisotopic (exact) mass is 448 g/mol. The molecule has 9 nitrogen and oxygen atoms in total. The summed E-state index contributed by atoms with van der Waals surface area (Å²) in [6.07, 6.45) is 2.06. The molecule has 0 spiro atoms. The highest BCUT2D eigenvalue weighted by molar-refractivity contribution is 7.85. The minimum atomic E-state index is -3.98. The highest BCUT2D eigenvalue weighted by Crippen LogP contribution is 2.37. The number of ether oxygens (including phenoxy) is 3. The number of rotatable bonds is 15. The smallest absolute Gasteiger partial charge is 0.330 e. The molecule has 0 bridgehead atoms. The average Bonchev–Trinajstić information content (AvgIpc) is 2.66. The SMILES string of the molecule is C=CC(=O)OC(C)C(CC)(C(=O)OCCCCCCS(=O)(=O)O)C(C)OC(=O)C=C. The summed E-state index contributed by atoms with van der Waals surface area (Å²) in [5.41, 5.74) is -1.44. The van der Waals surface area contributed by atoms with E-state index in [1.165, 1.54) is 13.8 Å². The fourth-order valence-corrected chi connectivity index (χ4v) is 3.64. The first-order valence-electron chi connectivity index (χ1n) is 9.73. The molecule has 0 aromatic heterocycles. The molecule has 0 amide bonds. The van der Waals surface area contributed by atoms with Crippen LogP contribution in [0.25, 0.3) is 0 Å². The zero-order chi connectivity index (χ0) is 23.4. The third-order valence-corrected chi connectivity index (χ3v) is 5.67. The molecule has 2 unspecified atom stereocenters. The van der Waals surface area contributed by atoms with Crippen molar-refractivity contribution < 1.29 is 41.6 Å². The molecule has 172 valence electrons. The van der Waals surface area contributed by atoms with Crippen LogP contribution >= 0.6 is 0 Å². The highest BCUT2D eigenvalue weighted by atomic mass is 32.2. The van der Waals surface area contributed by atoms with Crippen molar-refractivity contribution in [3.63, 3.8) is 0 Å². The van der Waals surface area contributed by atoms with Gasteiger partial charge >= 0.3 is 17.9 Å². The van der Waals surface area contributed by atoms with Crippen molar-refractivity contribution in [2.75, 3.05) is 12.4 Å². The van der Waals surface area contributed by atoms with Gasteiger partial charge in [-0.05, 0) is 33.1 Å². The van der Waals surface area contributed by atoms with Crippen molar-refractivity contribution in [1.82, 2.24) is 0 Å². The first-order chi connectivity index (χ1) is 13.9. The molecule has 30 heavy (non-hydrogen) atoms. The number of carbonyl (C=O) groups is 3. The Morgan fingerprint density at radius 3 is 1.83 bits per heavy atom. The number of unbranched alkanes of at least 4 members (excludes halogenated alkanes) is 3. The molecule has 2 atom stereocenters. The van der Waals surface area contributed by atoms with Crippen molar-refractivity contribution >= 4 is 28.0 Å². The van der Waals surface area contributed by atoms with Gasteiger partial charge in [0.1, 0.15) is 17.6 Å². The Morgan fingerprint density at radius 2 is 1.43 bits per heavy atom. The van der Waals surface area contributed by atoms with Gasteiger partial charge in [0.15, 0.2) is 0 Å². The van der Waals surface area contributed by atoms with E-state index in [0.29, 0.717) is 25.7 Å². The molecule has 0 radical (unpaired) electrons. The Morgan fingerprint density at radius 1 is 0.967 bits per heavy atom. The third kappa shape index (κ3) is 9.08. The largest absolute Gasteiger partial charge is 0.465 e. The van der Waals surface area contributed by atoms with Crippen molar-refractivity contribution in [3.8, 4) is 0 Å². The Kier molecular flexibility index (Phi) is 12.2. The van der Waals surface area contributed by atoms with Crippen LogP contribution in [-0.2, 0) is 38.7 Å². The summed E-state index contributed by atoms with van der Waals surface area (Å²) in [5.74, 6) is -2.45. The van der Waals surface area contributed by atoms with Crippen LogP contribution in [-0.4, -0.2) is 55.4 Å². The Hall–Kier alpha value is -2.20. The van der Waals surface area contributed by atoms with Gasteiger partial charge in [-0.1, -0.05) is 32.9 Å². The molecule has 0 saturated carbocycles. The van der Waals surface area contributed by atoms with Crippen LogP contribution < -0.4 is 0 Å². The number of hydrogen-bond acceptors (Lipinski definition) is 8. The van der Waals surface area contributed by atoms with Crippen molar-refractivity contribution in [2.45, 2.75) is 65.1 Å². The van der Waals surface area contributed by atoms with E-state index in [9.17, 15) is 22.8 Å². The van der Waals surface area contributed by atoms with Gasteiger partial charge in [-0.15, -0.1) is 0 Å². The van der Waals surface area contributed by atoms with Crippen LogP contribution in [0.15, 0.2) is 25.3 Å². The fourth-order valence-electron chi connectivity index (χ4n) is 3.08. The van der Waals surface area contributed by atoms with Gasteiger partial charge in [0.2, 0.25) is 0 Å². The van der Waals surface area contributed by atoms with E-state index in [-0.39, 0.29) is 18.8 Å². The average molecular weight is 449 g/mol. The molecular formula is C20H32O9S. The van der Waals surface area contributed by atoms with Crippen LogP contribution in [0.1, 0.15) is 52.9 Å². The predicted molar refractivity (Wildman–Crippen MR) is 110 cm³/mol. The second kappa shape index (κ2) is 13.2. The summed E-state index contributed by atoms with van der Waals surface area (Å²) in [7, 11) is -3.98. The van der Waals surface area contributed by atoms with Crippen LogP contribution in [0.2, 0.25) is 0 Å². The Labute approximate surface area is 178 Å². The zero-order valence-corrected chi connectivity index (χ0v) is 18.6. The molecule has 0 aromatic rings. The predicted octanol–water partition coefficient (Wildman–Crippen LogP) is 2.61. The minimum Gasteiger partial charge on any atom is -0.465 e. The number of hydrogen-bond donors (Lipinski definition) is 1. The molecule has 0 saturated heterocycles. The highest BCUT2D eigenvalue weighted by Gasteiger charge is 2.52. The van der Waals surface area contributed by atoms with E-state index < -0.39 is 45.6 Å². The van der Waals surface area contributed by atoms with E-state index in [1.54, 1.807) is 6.92 Å². The van der Waals surface area contributed by atoms with Crippen molar-refractivity contribution in [2.24, 2.45) is 5.41 Å². The first-order valence-corrected chi connectivity index (χ1v) is 11.3. The van der Waals surface area contributed by atoms with Crippen LogP contribution in [0.4, 0.5) is 0 Å². The first kappa shape index (κ1) is 27.8. The Balaban J connectivity index is 5.13. The molecule has 10 heteroatoms. The van der Waals surface area contributed by atoms with E-state index in [0.717, 1.165) is 12.2 Å². The lowest BCUT2D eigenvalue weighted by molar-refractivity contribution is -0.187. The molecule has 0 aliphatic carbocycles. The summed E-state index contributed by atoms with van der Waals surface area (Å²) in [5, 5.41) is 0. The summed E-state index contributed by atoms with van der Waals surface area (Å²) in [6, 6.07) is 0. The third-order valence-electron chi connectivity index (χ3n) is 4.86. The maximum Gasteiger partial charge on any atom is 0.330 e. The van der Waals surface area contributed by atoms with Gasteiger partial charge in [0.05, 0.1) is 12.4 Å². The molecule has 1 N–H and O–H groups in total. The van der Waals surface area contributed by atoms with E-state index in [4.69, 9.17) is 18.8 Å². The van der Waals surface area contributed by atoms with Gasteiger partial charge in [-0.3, -0.25) is 9.35 Å². The van der Waals surface area contributed by atoms with Crippen LogP contribution in [0, 0.1) is 5.41 Å². The summed E-state index contributed by atoms with van der Waals surface area (Å²) in [4.78, 5) is 36.3. The Bertz CT molecular complexity index is 684. The lowest BCUT2D eigenvalue weighted by Gasteiger charge is -2.39.